The molecule has 0 atom stereocenters. The van der Waals surface area contributed by atoms with E-state index >= 15 is 0 Å². The van der Waals surface area contributed by atoms with E-state index in [1.54, 1.807) is 6.92 Å². The smallest absolute Gasteiger partial charge is 0.228 e. The van der Waals surface area contributed by atoms with Crippen LogP contribution < -0.4 is 11.1 Å². The first-order chi connectivity index (χ1) is 8.16. The van der Waals surface area contributed by atoms with Crippen molar-refractivity contribution >= 4 is 5.91 Å². The van der Waals surface area contributed by atoms with Crippen molar-refractivity contribution in [3.63, 3.8) is 0 Å². The number of hydrogen-bond donors (Lipinski definition) is 2. The second kappa shape index (κ2) is 4.83. The second-order valence-corrected chi connectivity index (χ2v) is 4.58. The van der Waals surface area contributed by atoms with E-state index < -0.39 is 0 Å². The third kappa shape index (κ3) is 2.46. The van der Waals surface area contributed by atoms with Crippen LogP contribution >= 0.6 is 0 Å². The van der Waals surface area contributed by atoms with E-state index in [2.05, 4.69) is 15.5 Å². The number of hydrogen-bond acceptors (Lipinski definition) is 5. The zero-order valence-corrected chi connectivity index (χ0v) is 10.0. The van der Waals surface area contributed by atoms with Gasteiger partial charge in [0.25, 0.3) is 0 Å². The van der Waals surface area contributed by atoms with Crippen LogP contribution in [0.1, 0.15) is 31.0 Å². The monoisotopic (exact) mass is 238 g/mol. The molecule has 1 aliphatic rings. The van der Waals surface area contributed by atoms with Gasteiger partial charge in [0.1, 0.15) is 0 Å². The van der Waals surface area contributed by atoms with Gasteiger partial charge in [-0.3, -0.25) is 4.79 Å². The van der Waals surface area contributed by atoms with Crippen LogP contribution in [0.2, 0.25) is 0 Å². The number of aryl methyl sites for hydroxylation is 1. The Kier molecular flexibility index (Phi) is 3.42. The molecular weight excluding hydrogens is 220 g/mol. The summed E-state index contributed by atoms with van der Waals surface area (Å²) in [4.78, 5) is 16.0. The van der Waals surface area contributed by atoms with Crippen LogP contribution in [0, 0.1) is 12.3 Å². The Balaban J connectivity index is 1.77. The van der Waals surface area contributed by atoms with E-state index in [0.717, 1.165) is 19.3 Å². The standard InChI is InChI=1S/C11H18N4O2/c1-8-14-9(17-15-8)3-6-13-10(16)11(7-12)4-2-5-11/h2-7,12H2,1H3,(H,13,16). The van der Waals surface area contributed by atoms with Crippen molar-refractivity contribution < 1.29 is 9.32 Å². The van der Waals surface area contributed by atoms with Gasteiger partial charge in [0.05, 0.1) is 5.41 Å². The first-order valence-electron chi connectivity index (χ1n) is 5.94. The van der Waals surface area contributed by atoms with Crippen LogP contribution in [0.3, 0.4) is 0 Å². The number of rotatable bonds is 5. The summed E-state index contributed by atoms with van der Waals surface area (Å²) in [5, 5.41) is 6.58. The number of carbonyl (C=O) groups is 1. The number of nitrogens with zero attached hydrogens (tertiary/aromatic N) is 2. The maximum atomic E-state index is 11.9. The predicted molar refractivity (Wildman–Crippen MR) is 61.1 cm³/mol. The Labute approximate surface area is 99.9 Å². The predicted octanol–water partition coefficient (Wildman–Crippen LogP) is 0.166. The fourth-order valence-corrected chi connectivity index (χ4v) is 2.04. The fourth-order valence-electron chi connectivity index (χ4n) is 2.04. The SMILES string of the molecule is Cc1noc(CCNC(=O)C2(CN)CCC2)n1. The minimum Gasteiger partial charge on any atom is -0.355 e. The average Bonchev–Trinajstić information content (AvgIpc) is 2.63. The lowest BCUT2D eigenvalue weighted by atomic mass is 9.68. The number of amides is 1. The minimum absolute atomic E-state index is 0.0579. The molecule has 1 heterocycles. The van der Waals surface area contributed by atoms with Crippen LogP contribution in [0.5, 0.6) is 0 Å². The Morgan fingerprint density at radius 1 is 1.59 bits per heavy atom. The molecule has 0 spiro atoms. The Morgan fingerprint density at radius 3 is 2.82 bits per heavy atom. The molecule has 1 aliphatic carbocycles. The first-order valence-corrected chi connectivity index (χ1v) is 5.94. The number of aromatic nitrogens is 2. The van der Waals surface area contributed by atoms with Crippen LogP contribution in [0.15, 0.2) is 4.52 Å². The normalized spacial score (nSPS) is 17.5. The van der Waals surface area contributed by atoms with Gasteiger partial charge in [0.15, 0.2) is 5.82 Å². The van der Waals surface area contributed by atoms with Gasteiger partial charge in [-0.05, 0) is 19.8 Å². The van der Waals surface area contributed by atoms with Gasteiger partial charge in [-0.15, -0.1) is 0 Å². The van der Waals surface area contributed by atoms with E-state index in [1.807, 2.05) is 0 Å². The van der Waals surface area contributed by atoms with Crippen molar-refractivity contribution in [3.05, 3.63) is 11.7 Å². The van der Waals surface area contributed by atoms with Crippen molar-refractivity contribution in [1.29, 1.82) is 0 Å². The molecule has 0 unspecified atom stereocenters. The fraction of sp³-hybridized carbons (Fsp3) is 0.727. The molecule has 1 fully saturated rings. The van der Waals surface area contributed by atoms with Gasteiger partial charge in [0, 0.05) is 19.5 Å². The molecular formula is C11H18N4O2. The quantitative estimate of drug-likeness (QED) is 0.762. The number of carbonyl (C=O) groups excluding carboxylic acids is 1. The largest absolute Gasteiger partial charge is 0.355 e. The van der Waals surface area contributed by atoms with Gasteiger partial charge in [0.2, 0.25) is 11.8 Å². The molecule has 1 aromatic rings. The van der Waals surface area contributed by atoms with E-state index in [0.29, 0.717) is 31.2 Å². The van der Waals surface area contributed by atoms with Crippen molar-refractivity contribution in [3.8, 4) is 0 Å². The van der Waals surface area contributed by atoms with Gasteiger partial charge >= 0.3 is 0 Å². The van der Waals surface area contributed by atoms with Gasteiger partial charge in [-0.25, -0.2) is 0 Å². The van der Waals surface area contributed by atoms with Crippen molar-refractivity contribution in [2.45, 2.75) is 32.6 Å². The molecule has 6 heteroatoms. The van der Waals surface area contributed by atoms with E-state index in [4.69, 9.17) is 10.3 Å². The molecule has 0 radical (unpaired) electrons. The summed E-state index contributed by atoms with van der Waals surface area (Å²) in [6, 6.07) is 0. The molecule has 1 saturated carbocycles. The van der Waals surface area contributed by atoms with E-state index in [9.17, 15) is 4.79 Å². The summed E-state index contributed by atoms with van der Waals surface area (Å²) < 4.78 is 4.96. The number of nitrogens with one attached hydrogen (secondary N) is 1. The minimum atomic E-state index is -0.315. The van der Waals surface area contributed by atoms with Crippen LogP contribution in [-0.4, -0.2) is 29.1 Å². The zero-order chi connectivity index (χ0) is 12.3. The molecule has 1 aromatic heterocycles. The Hall–Kier alpha value is -1.43. The average molecular weight is 238 g/mol. The highest BCUT2D eigenvalue weighted by Gasteiger charge is 2.42. The molecule has 0 aromatic carbocycles. The summed E-state index contributed by atoms with van der Waals surface area (Å²) in [6.45, 7) is 2.71. The maximum Gasteiger partial charge on any atom is 0.228 e. The highest BCUT2D eigenvalue weighted by atomic mass is 16.5. The molecule has 0 bridgehead atoms. The van der Waals surface area contributed by atoms with Gasteiger partial charge in [-0.1, -0.05) is 11.6 Å². The summed E-state index contributed by atoms with van der Waals surface area (Å²) in [7, 11) is 0. The van der Waals surface area contributed by atoms with Crippen molar-refractivity contribution in [1.82, 2.24) is 15.5 Å². The lowest BCUT2D eigenvalue weighted by molar-refractivity contribution is -0.135. The first kappa shape index (κ1) is 12.0. The zero-order valence-electron chi connectivity index (χ0n) is 10.0. The number of nitrogens with two attached hydrogens (primary N) is 1. The van der Waals surface area contributed by atoms with E-state index in [-0.39, 0.29) is 11.3 Å². The molecule has 6 nitrogen and oxygen atoms in total. The molecule has 0 aliphatic heterocycles. The second-order valence-electron chi connectivity index (χ2n) is 4.58. The molecule has 0 saturated heterocycles. The van der Waals surface area contributed by atoms with Gasteiger partial charge < -0.3 is 15.6 Å². The molecule has 3 N–H and O–H groups in total. The van der Waals surface area contributed by atoms with Crippen molar-refractivity contribution in [2.24, 2.45) is 11.1 Å². The Bertz CT molecular complexity index is 392. The van der Waals surface area contributed by atoms with Gasteiger partial charge in [-0.2, -0.15) is 4.98 Å². The molecule has 2 rings (SSSR count). The highest BCUT2D eigenvalue weighted by Crippen LogP contribution is 2.39. The lowest BCUT2D eigenvalue weighted by Gasteiger charge is -2.39. The third-order valence-corrected chi connectivity index (χ3v) is 3.38. The highest BCUT2D eigenvalue weighted by molar-refractivity contribution is 5.83. The van der Waals surface area contributed by atoms with Crippen LogP contribution in [0.4, 0.5) is 0 Å². The van der Waals surface area contributed by atoms with Crippen LogP contribution in [-0.2, 0) is 11.2 Å². The topological polar surface area (TPSA) is 94.0 Å². The van der Waals surface area contributed by atoms with Crippen LogP contribution in [0.25, 0.3) is 0 Å². The summed E-state index contributed by atoms with van der Waals surface area (Å²) in [5.41, 5.74) is 5.34. The summed E-state index contributed by atoms with van der Waals surface area (Å²) in [6.07, 6.45) is 3.45. The third-order valence-electron chi connectivity index (χ3n) is 3.38. The lowest BCUT2D eigenvalue weighted by Crippen LogP contribution is -2.50. The summed E-state index contributed by atoms with van der Waals surface area (Å²) >= 11 is 0. The summed E-state index contributed by atoms with van der Waals surface area (Å²) in [5.74, 6) is 1.23. The molecule has 1 amide bonds. The maximum absolute atomic E-state index is 11.9. The molecule has 94 valence electrons. The molecule has 17 heavy (non-hydrogen) atoms. The Morgan fingerprint density at radius 2 is 2.35 bits per heavy atom. The van der Waals surface area contributed by atoms with Crippen molar-refractivity contribution in [2.75, 3.05) is 13.1 Å². The van der Waals surface area contributed by atoms with E-state index in [1.165, 1.54) is 0 Å².